The number of terminal acetylenes is 1. The third-order valence-electron chi connectivity index (χ3n) is 7.25. The fourth-order valence-electron chi connectivity index (χ4n) is 5.54. The number of carbonyl (C=O) groups is 1. The van der Waals surface area contributed by atoms with Crippen molar-refractivity contribution < 1.29 is 9.53 Å². The number of ether oxygens (including phenoxy) is 1. The molecule has 5 heteroatoms. The minimum atomic E-state index is -0.259. The Kier molecular flexibility index (Phi) is 4.12. The Bertz CT molecular complexity index is 1200. The normalized spacial score (nSPS) is 21.7. The summed E-state index contributed by atoms with van der Waals surface area (Å²) in [4.78, 5) is 20.5. The number of fused-ring (bicyclic) bond motifs is 3. The van der Waals surface area contributed by atoms with Gasteiger partial charge in [-0.3, -0.25) is 4.79 Å². The molecule has 1 N–H and O–H groups in total. The Balaban J connectivity index is 1.37. The first-order chi connectivity index (χ1) is 15.2. The van der Waals surface area contributed by atoms with Crippen molar-refractivity contribution >= 4 is 22.5 Å². The lowest BCUT2D eigenvalue weighted by Crippen LogP contribution is -2.44. The molecule has 0 radical (unpaired) electrons. The van der Waals surface area contributed by atoms with Gasteiger partial charge in [-0.25, -0.2) is 0 Å². The van der Waals surface area contributed by atoms with Gasteiger partial charge in [0, 0.05) is 47.3 Å². The highest BCUT2D eigenvalue weighted by molar-refractivity contribution is 5.94. The number of anilines is 1. The molecule has 3 aliphatic rings. The van der Waals surface area contributed by atoms with Gasteiger partial charge < -0.3 is 19.5 Å². The highest BCUT2D eigenvalue weighted by atomic mass is 16.5. The van der Waals surface area contributed by atoms with E-state index in [1.54, 1.807) is 0 Å². The number of carbonyl (C=O) groups excluding carboxylic acids is 1. The van der Waals surface area contributed by atoms with Crippen LogP contribution in [0.15, 0.2) is 48.5 Å². The monoisotopic (exact) mass is 411 g/mol. The van der Waals surface area contributed by atoms with E-state index in [0.717, 1.165) is 49.5 Å². The Morgan fingerprint density at radius 2 is 1.94 bits per heavy atom. The average molecular weight is 412 g/mol. The number of H-pyrrole nitrogens is 1. The van der Waals surface area contributed by atoms with E-state index >= 15 is 0 Å². The number of para-hydroxylation sites is 1. The molecule has 4 heterocycles. The molecule has 1 aromatic heterocycles. The summed E-state index contributed by atoms with van der Waals surface area (Å²) >= 11 is 0. The Labute approximate surface area is 182 Å². The number of aromatic nitrogens is 1. The molecule has 0 unspecified atom stereocenters. The molecule has 2 saturated heterocycles. The number of hydrogen-bond donors (Lipinski definition) is 1. The van der Waals surface area contributed by atoms with E-state index < -0.39 is 0 Å². The molecule has 156 valence electrons. The van der Waals surface area contributed by atoms with Gasteiger partial charge in [-0.2, -0.15) is 0 Å². The zero-order valence-electron chi connectivity index (χ0n) is 17.4. The van der Waals surface area contributed by atoms with Crippen molar-refractivity contribution in [3.63, 3.8) is 0 Å². The summed E-state index contributed by atoms with van der Waals surface area (Å²) < 4.78 is 5.46. The molecule has 3 aliphatic heterocycles. The summed E-state index contributed by atoms with van der Waals surface area (Å²) in [6.45, 7) is 4.52. The number of benzene rings is 2. The highest BCUT2D eigenvalue weighted by Gasteiger charge is 2.44. The van der Waals surface area contributed by atoms with Gasteiger partial charge in [0.05, 0.1) is 19.3 Å². The molecular weight excluding hydrogens is 386 g/mol. The lowest BCUT2D eigenvalue weighted by atomic mass is 9.85. The van der Waals surface area contributed by atoms with Gasteiger partial charge >= 0.3 is 0 Å². The van der Waals surface area contributed by atoms with E-state index in [0.29, 0.717) is 12.0 Å². The maximum Gasteiger partial charge on any atom is 0.299 e. The summed E-state index contributed by atoms with van der Waals surface area (Å²) in [5.74, 6) is 2.07. The Morgan fingerprint density at radius 1 is 1.13 bits per heavy atom. The molecule has 6 rings (SSSR count). The van der Waals surface area contributed by atoms with Gasteiger partial charge in [0.1, 0.15) is 0 Å². The van der Waals surface area contributed by atoms with Crippen LogP contribution in [-0.2, 0) is 16.0 Å². The summed E-state index contributed by atoms with van der Waals surface area (Å²) in [7, 11) is 0. The lowest BCUT2D eigenvalue weighted by molar-refractivity contribution is -0.127. The lowest BCUT2D eigenvalue weighted by Gasteiger charge is -2.38. The molecule has 0 bridgehead atoms. The SMILES string of the molecule is C#CC(=O)N1CCc2c([nH]c3ccccc23)[C@@H]1c1ccc(N2CCC3(COC3)C2)cc1. The first-order valence-electron chi connectivity index (χ1n) is 11.0. The van der Waals surface area contributed by atoms with E-state index in [2.05, 4.69) is 58.3 Å². The first-order valence-corrected chi connectivity index (χ1v) is 11.0. The smallest absolute Gasteiger partial charge is 0.299 e. The third-order valence-corrected chi connectivity index (χ3v) is 7.25. The van der Waals surface area contributed by atoms with Crippen LogP contribution in [0.4, 0.5) is 5.69 Å². The molecule has 5 nitrogen and oxygen atoms in total. The fourth-order valence-corrected chi connectivity index (χ4v) is 5.54. The molecule has 31 heavy (non-hydrogen) atoms. The van der Waals surface area contributed by atoms with Crippen LogP contribution in [0.5, 0.6) is 0 Å². The van der Waals surface area contributed by atoms with Gasteiger partial charge in [0.25, 0.3) is 5.91 Å². The van der Waals surface area contributed by atoms with Gasteiger partial charge in [0.2, 0.25) is 0 Å². The number of nitrogens with zero attached hydrogens (tertiary/aromatic N) is 2. The zero-order chi connectivity index (χ0) is 21.0. The Hall–Kier alpha value is -3.23. The average Bonchev–Trinajstić information content (AvgIpc) is 3.40. The molecule has 1 amide bonds. The van der Waals surface area contributed by atoms with Crippen LogP contribution in [0, 0.1) is 17.8 Å². The number of aromatic amines is 1. The molecule has 2 aromatic carbocycles. The maximum absolute atomic E-state index is 12.6. The van der Waals surface area contributed by atoms with Crippen LogP contribution < -0.4 is 4.90 Å². The molecule has 1 spiro atoms. The number of amides is 1. The van der Waals surface area contributed by atoms with Crippen molar-refractivity contribution in [2.24, 2.45) is 5.41 Å². The maximum atomic E-state index is 12.6. The van der Waals surface area contributed by atoms with Crippen LogP contribution in [0.25, 0.3) is 10.9 Å². The quantitative estimate of drug-likeness (QED) is 0.657. The van der Waals surface area contributed by atoms with E-state index in [9.17, 15) is 4.79 Å². The summed E-state index contributed by atoms with van der Waals surface area (Å²) in [5.41, 5.74) is 6.15. The van der Waals surface area contributed by atoms with Crippen LogP contribution in [0.2, 0.25) is 0 Å². The van der Waals surface area contributed by atoms with Gasteiger partial charge in [-0.05, 0) is 48.1 Å². The van der Waals surface area contributed by atoms with E-state index in [1.807, 2.05) is 11.0 Å². The zero-order valence-corrected chi connectivity index (χ0v) is 17.4. The van der Waals surface area contributed by atoms with Crippen LogP contribution in [0.3, 0.4) is 0 Å². The summed E-state index contributed by atoms with van der Waals surface area (Å²) in [6, 6.07) is 16.8. The third kappa shape index (κ3) is 2.86. The van der Waals surface area contributed by atoms with Crippen LogP contribution >= 0.6 is 0 Å². The van der Waals surface area contributed by atoms with Crippen molar-refractivity contribution in [2.75, 3.05) is 37.7 Å². The van der Waals surface area contributed by atoms with E-state index in [4.69, 9.17) is 11.2 Å². The van der Waals surface area contributed by atoms with Crippen LogP contribution in [0.1, 0.15) is 29.3 Å². The highest BCUT2D eigenvalue weighted by Crippen LogP contribution is 2.41. The number of hydrogen-bond acceptors (Lipinski definition) is 3. The largest absolute Gasteiger partial charge is 0.380 e. The molecular formula is C26H25N3O2. The van der Waals surface area contributed by atoms with Crippen molar-refractivity contribution in [2.45, 2.75) is 18.9 Å². The number of nitrogens with one attached hydrogen (secondary N) is 1. The standard InChI is InChI=1S/C26H25N3O2/c1-2-23(30)29-13-11-21-20-5-3-4-6-22(20)27-24(21)25(29)18-7-9-19(10-8-18)28-14-12-26(15-28)16-31-17-26/h1,3-10,25,27H,11-17H2/t25-/m0/s1. The topological polar surface area (TPSA) is 48.6 Å². The summed E-state index contributed by atoms with van der Waals surface area (Å²) in [6.07, 6.45) is 7.52. The van der Waals surface area contributed by atoms with Crippen LogP contribution in [-0.4, -0.2) is 48.6 Å². The molecule has 3 aromatic rings. The number of rotatable bonds is 2. The van der Waals surface area contributed by atoms with Gasteiger partial charge in [0.15, 0.2) is 0 Å². The predicted octanol–water partition coefficient (Wildman–Crippen LogP) is 3.50. The molecule has 2 fully saturated rings. The first kappa shape index (κ1) is 18.5. The second-order valence-corrected chi connectivity index (χ2v) is 9.11. The minimum absolute atomic E-state index is 0.196. The van der Waals surface area contributed by atoms with Crippen molar-refractivity contribution in [1.29, 1.82) is 0 Å². The molecule has 0 aliphatic carbocycles. The van der Waals surface area contributed by atoms with Gasteiger partial charge in [-0.1, -0.05) is 30.3 Å². The van der Waals surface area contributed by atoms with Gasteiger partial charge in [-0.15, -0.1) is 6.42 Å². The minimum Gasteiger partial charge on any atom is -0.380 e. The van der Waals surface area contributed by atoms with E-state index in [-0.39, 0.29) is 11.9 Å². The van der Waals surface area contributed by atoms with Crippen molar-refractivity contribution in [3.05, 3.63) is 65.4 Å². The Morgan fingerprint density at radius 3 is 2.65 bits per heavy atom. The molecule has 1 atom stereocenters. The van der Waals surface area contributed by atoms with Crippen molar-refractivity contribution in [3.8, 4) is 12.3 Å². The second-order valence-electron chi connectivity index (χ2n) is 9.11. The van der Waals surface area contributed by atoms with E-state index in [1.165, 1.54) is 23.1 Å². The summed E-state index contributed by atoms with van der Waals surface area (Å²) in [5, 5.41) is 1.23. The fraction of sp³-hybridized carbons (Fsp3) is 0.346. The van der Waals surface area contributed by atoms with Crippen molar-refractivity contribution in [1.82, 2.24) is 9.88 Å². The second kappa shape index (κ2) is 6.90. The molecule has 0 saturated carbocycles. The predicted molar refractivity (Wildman–Crippen MR) is 121 cm³/mol.